The average Bonchev–Trinajstić information content (AvgIpc) is 2.86. The summed E-state index contributed by atoms with van der Waals surface area (Å²) in [4.78, 5) is 23.5. The summed E-state index contributed by atoms with van der Waals surface area (Å²) in [6.45, 7) is 0.203. The lowest BCUT2D eigenvalue weighted by Gasteiger charge is -2.05. The lowest BCUT2D eigenvalue weighted by Crippen LogP contribution is -2.23. The second kappa shape index (κ2) is 5.20. The third-order valence-corrected chi connectivity index (χ3v) is 3.02. The van der Waals surface area contributed by atoms with E-state index in [4.69, 9.17) is 0 Å². The molecule has 0 aliphatic rings. The smallest absolute Gasteiger partial charge is 0.347 e. The standard InChI is InChI=1S/C14H11FN4O2/c15-11-3-1-2-9(6-11)7-16-13(20)10-4-5-12-17-18-14(21)19(12)8-10/h1-6,8H,7H2,(H,16,20)(H,18,21). The number of benzene rings is 1. The molecule has 0 fully saturated rings. The second-order valence-electron chi connectivity index (χ2n) is 4.49. The molecule has 1 aromatic carbocycles. The normalized spacial score (nSPS) is 10.7. The Labute approximate surface area is 118 Å². The molecule has 0 saturated heterocycles. The number of amides is 1. The Balaban J connectivity index is 1.77. The predicted octanol–water partition coefficient (Wildman–Crippen LogP) is 1.09. The van der Waals surface area contributed by atoms with Gasteiger partial charge in [0.2, 0.25) is 0 Å². The fraction of sp³-hybridized carbons (Fsp3) is 0.0714. The van der Waals surface area contributed by atoms with E-state index in [0.717, 1.165) is 0 Å². The maximum Gasteiger partial charge on any atom is 0.347 e. The first kappa shape index (κ1) is 13.0. The number of nitrogens with one attached hydrogen (secondary N) is 2. The van der Waals surface area contributed by atoms with Gasteiger partial charge in [-0.1, -0.05) is 12.1 Å². The summed E-state index contributed by atoms with van der Waals surface area (Å²) in [6.07, 6.45) is 1.40. The lowest BCUT2D eigenvalue weighted by atomic mass is 10.2. The van der Waals surface area contributed by atoms with Crippen LogP contribution in [0, 0.1) is 5.82 Å². The second-order valence-corrected chi connectivity index (χ2v) is 4.49. The monoisotopic (exact) mass is 286 g/mol. The molecule has 0 unspecified atom stereocenters. The zero-order valence-corrected chi connectivity index (χ0v) is 10.8. The number of halogens is 1. The van der Waals surface area contributed by atoms with Crippen LogP contribution in [0.2, 0.25) is 0 Å². The molecule has 0 aliphatic carbocycles. The third-order valence-electron chi connectivity index (χ3n) is 3.02. The van der Waals surface area contributed by atoms with Crippen molar-refractivity contribution in [1.82, 2.24) is 19.9 Å². The molecule has 3 rings (SSSR count). The molecule has 7 heteroatoms. The van der Waals surface area contributed by atoms with E-state index in [1.165, 1.54) is 22.7 Å². The van der Waals surface area contributed by atoms with Gasteiger partial charge in [0.15, 0.2) is 5.65 Å². The van der Waals surface area contributed by atoms with Gasteiger partial charge in [-0.15, -0.1) is 0 Å². The molecular weight excluding hydrogens is 275 g/mol. The van der Waals surface area contributed by atoms with Crippen molar-refractivity contribution in [2.75, 3.05) is 0 Å². The summed E-state index contributed by atoms with van der Waals surface area (Å²) in [6, 6.07) is 9.11. The highest BCUT2D eigenvalue weighted by Crippen LogP contribution is 2.05. The third kappa shape index (κ3) is 2.66. The van der Waals surface area contributed by atoms with Crippen molar-refractivity contribution in [1.29, 1.82) is 0 Å². The first-order chi connectivity index (χ1) is 10.1. The number of aromatic amines is 1. The molecule has 0 bridgehead atoms. The Morgan fingerprint density at radius 3 is 3.00 bits per heavy atom. The fourth-order valence-electron chi connectivity index (χ4n) is 1.97. The van der Waals surface area contributed by atoms with Crippen LogP contribution in [0.25, 0.3) is 5.65 Å². The SMILES string of the molecule is O=C(NCc1cccc(F)c1)c1ccc2n[nH]c(=O)n2c1. The topological polar surface area (TPSA) is 79.3 Å². The van der Waals surface area contributed by atoms with E-state index in [9.17, 15) is 14.0 Å². The van der Waals surface area contributed by atoms with Gasteiger partial charge in [-0.05, 0) is 29.8 Å². The van der Waals surface area contributed by atoms with Crippen LogP contribution in [0.4, 0.5) is 4.39 Å². The minimum absolute atomic E-state index is 0.203. The molecule has 2 N–H and O–H groups in total. The Morgan fingerprint density at radius 2 is 2.19 bits per heavy atom. The van der Waals surface area contributed by atoms with Gasteiger partial charge in [-0.3, -0.25) is 4.79 Å². The highest BCUT2D eigenvalue weighted by Gasteiger charge is 2.08. The van der Waals surface area contributed by atoms with Crippen molar-refractivity contribution < 1.29 is 9.18 Å². The minimum Gasteiger partial charge on any atom is -0.348 e. The maximum absolute atomic E-state index is 13.0. The van der Waals surface area contributed by atoms with Gasteiger partial charge < -0.3 is 5.32 Å². The van der Waals surface area contributed by atoms with Crippen LogP contribution in [0.15, 0.2) is 47.4 Å². The molecular formula is C14H11FN4O2. The number of pyridine rings is 1. The van der Waals surface area contributed by atoms with Crippen LogP contribution < -0.4 is 11.0 Å². The largest absolute Gasteiger partial charge is 0.348 e. The van der Waals surface area contributed by atoms with E-state index in [1.807, 2.05) is 0 Å². The van der Waals surface area contributed by atoms with Gasteiger partial charge >= 0.3 is 5.69 Å². The van der Waals surface area contributed by atoms with Crippen LogP contribution in [-0.2, 0) is 6.54 Å². The van der Waals surface area contributed by atoms with E-state index in [0.29, 0.717) is 16.8 Å². The van der Waals surface area contributed by atoms with E-state index in [2.05, 4.69) is 15.5 Å². The molecule has 0 radical (unpaired) electrons. The number of hydrogen-bond donors (Lipinski definition) is 2. The molecule has 0 saturated carbocycles. The molecule has 6 nitrogen and oxygen atoms in total. The molecule has 0 aliphatic heterocycles. The van der Waals surface area contributed by atoms with E-state index < -0.39 is 5.69 Å². The summed E-state index contributed by atoms with van der Waals surface area (Å²) < 4.78 is 14.3. The van der Waals surface area contributed by atoms with E-state index >= 15 is 0 Å². The van der Waals surface area contributed by atoms with Crippen molar-refractivity contribution in [2.24, 2.45) is 0 Å². The highest BCUT2D eigenvalue weighted by molar-refractivity contribution is 5.94. The number of carbonyl (C=O) groups is 1. The van der Waals surface area contributed by atoms with Gasteiger partial charge in [0.1, 0.15) is 5.82 Å². The van der Waals surface area contributed by atoms with Crippen molar-refractivity contribution in [3.05, 3.63) is 70.0 Å². The van der Waals surface area contributed by atoms with Crippen LogP contribution in [0.1, 0.15) is 15.9 Å². The summed E-state index contributed by atoms with van der Waals surface area (Å²) in [7, 11) is 0. The van der Waals surface area contributed by atoms with E-state index in [-0.39, 0.29) is 18.3 Å². The van der Waals surface area contributed by atoms with Crippen LogP contribution >= 0.6 is 0 Å². The molecule has 1 amide bonds. The zero-order chi connectivity index (χ0) is 14.8. The zero-order valence-electron chi connectivity index (χ0n) is 10.8. The molecule has 21 heavy (non-hydrogen) atoms. The summed E-state index contributed by atoms with van der Waals surface area (Å²) in [5, 5.41) is 8.73. The first-order valence-corrected chi connectivity index (χ1v) is 6.23. The summed E-state index contributed by atoms with van der Waals surface area (Å²) >= 11 is 0. The van der Waals surface area contributed by atoms with Crippen LogP contribution in [0.3, 0.4) is 0 Å². The minimum atomic E-state index is -0.412. The fourth-order valence-corrected chi connectivity index (χ4v) is 1.97. The van der Waals surface area contributed by atoms with Crippen molar-refractivity contribution in [3.63, 3.8) is 0 Å². The van der Waals surface area contributed by atoms with Gasteiger partial charge in [-0.2, -0.15) is 5.10 Å². The molecule has 106 valence electrons. The number of H-pyrrole nitrogens is 1. The van der Waals surface area contributed by atoms with Gasteiger partial charge in [0.25, 0.3) is 5.91 Å². The number of fused-ring (bicyclic) bond motifs is 1. The summed E-state index contributed by atoms with van der Waals surface area (Å²) in [5.74, 6) is -0.706. The highest BCUT2D eigenvalue weighted by atomic mass is 19.1. The van der Waals surface area contributed by atoms with Crippen LogP contribution in [-0.4, -0.2) is 20.5 Å². The van der Waals surface area contributed by atoms with Gasteiger partial charge in [0, 0.05) is 12.7 Å². The molecule has 3 aromatic rings. The van der Waals surface area contributed by atoms with E-state index in [1.54, 1.807) is 24.3 Å². The number of rotatable bonds is 3. The summed E-state index contributed by atoms with van der Waals surface area (Å²) in [5.41, 5.74) is 0.999. The lowest BCUT2D eigenvalue weighted by molar-refractivity contribution is 0.0950. The molecule has 0 spiro atoms. The molecule has 2 heterocycles. The molecule has 2 aromatic heterocycles. The number of hydrogen-bond acceptors (Lipinski definition) is 3. The van der Waals surface area contributed by atoms with Crippen molar-refractivity contribution >= 4 is 11.6 Å². The molecule has 0 atom stereocenters. The number of carbonyl (C=O) groups excluding carboxylic acids is 1. The number of nitrogens with zero attached hydrogens (tertiary/aromatic N) is 2. The quantitative estimate of drug-likeness (QED) is 0.756. The average molecular weight is 286 g/mol. The predicted molar refractivity (Wildman–Crippen MR) is 73.4 cm³/mol. The van der Waals surface area contributed by atoms with Gasteiger partial charge in [0.05, 0.1) is 5.56 Å². The first-order valence-electron chi connectivity index (χ1n) is 6.23. The van der Waals surface area contributed by atoms with Crippen molar-refractivity contribution in [2.45, 2.75) is 6.54 Å². The Kier molecular flexibility index (Phi) is 3.23. The maximum atomic E-state index is 13.0. The Morgan fingerprint density at radius 1 is 1.33 bits per heavy atom. The van der Waals surface area contributed by atoms with Crippen molar-refractivity contribution in [3.8, 4) is 0 Å². The Bertz CT molecular complexity index is 869. The van der Waals surface area contributed by atoms with Crippen LogP contribution in [0.5, 0.6) is 0 Å². The Hall–Kier alpha value is -2.96. The van der Waals surface area contributed by atoms with Gasteiger partial charge in [-0.25, -0.2) is 18.7 Å². The number of aromatic nitrogens is 3.